The van der Waals surface area contributed by atoms with Crippen LogP contribution in [0.25, 0.3) is 0 Å². The summed E-state index contributed by atoms with van der Waals surface area (Å²) in [5, 5.41) is 13.5. The van der Waals surface area contributed by atoms with Crippen molar-refractivity contribution in [2.75, 3.05) is 5.32 Å². The molecule has 0 unspecified atom stereocenters. The van der Waals surface area contributed by atoms with Crippen molar-refractivity contribution in [1.82, 2.24) is 0 Å². The predicted octanol–water partition coefficient (Wildman–Crippen LogP) is 4.76. The Labute approximate surface area is 120 Å². The molecular formula is C14H12Cl2FNO. The van der Waals surface area contributed by atoms with Crippen molar-refractivity contribution in [1.29, 1.82) is 0 Å². The van der Waals surface area contributed by atoms with Crippen LogP contribution in [0.3, 0.4) is 0 Å². The molecule has 2 rings (SSSR count). The summed E-state index contributed by atoms with van der Waals surface area (Å²) in [5.74, 6) is -0.588. The van der Waals surface area contributed by atoms with Gasteiger partial charge in [-0.15, -0.1) is 0 Å². The van der Waals surface area contributed by atoms with E-state index in [2.05, 4.69) is 5.32 Å². The van der Waals surface area contributed by atoms with Crippen LogP contribution in [0.4, 0.5) is 10.1 Å². The maximum Gasteiger partial charge on any atom is 0.127 e. The molecule has 0 saturated heterocycles. The van der Waals surface area contributed by atoms with Gasteiger partial charge in [-0.3, -0.25) is 0 Å². The molecule has 0 saturated carbocycles. The molecule has 2 aromatic rings. The van der Waals surface area contributed by atoms with E-state index in [1.54, 1.807) is 12.1 Å². The number of aromatic hydroxyl groups is 1. The van der Waals surface area contributed by atoms with Crippen LogP contribution in [0.5, 0.6) is 5.75 Å². The van der Waals surface area contributed by atoms with Gasteiger partial charge in [0.05, 0.1) is 10.7 Å². The molecule has 0 aliphatic rings. The van der Waals surface area contributed by atoms with E-state index in [9.17, 15) is 9.50 Å². The highest BCUT2D eigenvalue weighted by atomic mass is 35.5. The number of anilines is 1. The lowest BCUT2D eigenvalue weighted by atomic mass is 10.2. The molecule has 0 radical (unpaired) electrons. The molecule has 0 amide bonds. The van der Waals surface area contributed by atoms with Crippen LogP contribution >= 0.6 is 23.2 Å². The summed E-state index contributed by atoms with van der Waals surface area (Å²) < 4.78 is 13.1. The molecule has 0 bridgehead atoms. The van der Waals surface area contributed by atoms with Gasteiger partial charge in [-0.1, -0.05) is 23.2 Å². The molecule has 2 aromatic carbocycles. The fourth-order valence-electron chi connectivity index (χ4n) is 1.71. The Morgan fingerprint density at radius 3 is 2.53 bits per heavy atom. The number of phenols is 1. The molecule has 0 aliphatic carbocycles. The Hall–Kier alpha value is -1.45. The number of hydrogen-bond acceptors (Lipinski definition) is 2. The van der Waals surface area contributed by atoms with Gasteiger partial charge in [-0.25, -0.2) is 4.39 Å². The van der Waals surface area contributed by atoms with Gasteiger partial charge in [0, 0.05) is 17.6 Å². The van der Waals surface area contributed by atoms with E-state index < -0.39 is 5.82 Å². The summed E-state index contributed by atoms with van der Waals surface area (Å²) in [6.45, 7) is 2.20. The SMILES string of the molecule is Cc1cc(Cl)c(NCc2cc(O)cc(F)c2)cc1Cl. The Bertz CT molecular complexity index is 596. The molecule has 0 atom stereocenters. The molecular weight excluding hydrogens is 288 g/mol. The van der Waals surface area contributed by atoms with Crippen molar-refractivity contribution >= 4 is 28.9 Å². The first-order valence-electron chi connectivity index (χ1n) is 5.63. The highest BCUT2D eigenvalue weighted by Gasteiger charge is 2.05. The standard InChI is InChI=1S/C14H12Cl2FNO/c1-8-2-13(16)14(6-12(8)15)18-7-9-3-10(17)5-11(19)4-9/h2-6,18-19H,7H2,1H3. The van der Waals surface area contributed by atoms with Gasteiger partial charge in [-0.05, 0) is 42.3 Å². The Balaban J connectivity index is 2.16. The molecule has 0 spiro atoms. The molecule has 19 heavy (non-hydrogen) atoms. The molecule has 0 aliphatic heterocycles. The summed E-state index contributed by atoms with van der Waals surface area (Å²) in [6.07, 6.45) is 0. The molecule has 2 nitrogen and oxygen atoms in total. The Morgan fingerprint density at radius 1 is 1.11 bits per heavy atom. The average molecular weight is 300 g/mol. The third-order valence-corrected chi connectivity index (χ3v) is 3.39. The third kappa shape index (κ3) is 3.52. The van der Waals surface area contributed by atoms with Crippen molar-refractivity contribution in [3.05, 3.63) is 57.3 Å². The van der Waals surface area contributed by atoms with Gasteiger partial charge < -0.3 is 10.4 Å². The topological polar surface area (TPSA) is 32.3 Å². The quantitative estimate of drug-likeness (QED) is 0.856. The van der Waals surface area contributed by atoms with Crippen molar-refractivity contribution in [3.8, 4) is 5.75 Å². The summed E-state index contributed by atoms with van der Waals surface area (Å²) in [6, 6.07) is 7.36. The van der Waals surface area contributed by atoms with E-state index in [-0.39, 0.29) is 5.75 Å². The van der Waals surface area contributed by atoms with E-state index in [4.69, 9.17) is 23.2 Å². The minimum atomic E-state index is -0.482. The van der Waals surface area contributed by atoms with Crippen LogP contribution < -0.4 is 5.32 Å². The second-order valence-corrected chi connectivity index (χ2v) is 5.07. The van der Waals surface area contributed by atoms with Crippen molar-refractivity contribution in [3.63, 3.8) is 0 Å². The van der Waals surface area contributed by atoms with Crippen molar-refractivity contribution in [2.24, 2.45) is 0 Å². The number of benzene rings is 2. The minimum absolute atomic E-state index is 0.107. The number of aryl methyl sites for hydroxylation is 1. The fraction of sp³-hybridized carbons (Fsp3) is 0.143. The van der Waals surface area contributed by atoms with E-state index in [1.807, 2.05) is 6.92 Å². The number of nitrogens with one attached hydrogen (secondary N) is 1. The normalized spacial score (nSPS) is 10.5. The van der Waals surface area contributed by atoms with Gasteiger partial charge in [0.15, 0.2) is 0 Å². The molecule has 100 valence electrons. The van der Waals surface area contributed by atoms with Gasteiger partial charge in [0.2, 0.25) is 0 Å². The maximum atomic E-state index is 13.1. The monoisotopic (exact) mass is 299 g/mol. The van der Waals surface area contributed by atoms with E-state index >= 15 is 0 Å². The molecule has 0 aromatic heterocycles. The van der Waals surface area contributed by atoms with Gasteiger partial charge in [-0.2, -0.15) is 0 Å². The summed E-state index contributed by atoms with van der Waals surface area (Å²) in [4.78, 5) is 0. The second-order valence-electron chi connectivity index (χ2n) is 4.25. The van der Waals surface area contributed by atoms with E-state index in [1.165, 1.54) is 12.1 Å². The Morgan fingerprint density at radius 2 is 1.84 bits per heavy atom. The number of hydrogen-bond donors (Lipinski definition) is 2. The van der Waals surface area contributed by atoms with Crippen LogP contribution in [0.15, 0.2) is 30.3 Å². The molecule has 0 heterocycles. The van der Waals surface area contributed by atoms with Gasteiger partial charge in [0.25, 0.3) is 0 Å². The van der Waals surface area contributed by atoms with E-state index in [0.29, 0.717) is 27.8 Å². The Kier molecular flexibility index (Phi) is 4.17. The summed E-state index contributed by atoms with van der Waals surface area (Å²) >= 11 is 12.1. The first-order chi connectivity index (χ1) is 8.95. The zero-order valence-electron chi connectivity index (χ0n) is 10.2. The molecule has 5 heteroatoms. The van der Waals surface area contributed by atoms with Crippen LogP contribution in [-0.2, 0) is 6.54 Å². The fourth-order valence-corrected chi connectivity index (χ4v) is 2.16. The van der Waals surface area contributed by atoms with Crippen LogP contribution in [0.1, 0.15) is 11.1 Å². The van der Waals surface area contributed by atoms with Crippen LogP contribution in [0.2, 0.25) is 10.0 Å². The average Bonchev–Trinajstić information content (AvgIpc) is 2.31. The summed E-state index contributed by atoms with van der Waals surface area (Å²) in [5.41, 5.74) is 2.17. The summed E-state index contributed by atoms with van der Waals surface area (Å²) in [7, 11) is 0. The number of halogens is 3. The first kappa shape index (κ1) is 14.0. The second kappa shape index (κ2) is 5.68. The minimum Gasteiger partial charge on any atom is -0.508 e. The van der Waals surface area contributed by atoms with Crippen molar-refractivity contribution in [2.45, 2.75) is 13.5 Å². The number of phenolic OH excluding ortho intramolecular Hbond substituents is 1. The van der Waals surface area contributed by atoms with Crippen LogP contribution in [0, 0.1) is 12.7 Å². The van der Waals surface area contributed by atoms with Crippen molar-refractivity contribution < 1.29 is 9.50 Å². The predicted molar refractivity (Wildman–Crippen MR) is 76.6 cm³/mol. The molecule has 2 N–H and O–H groups in total. The molecule has 0 fully saturated rings. The lowest BCUT2D eigenvalue weighted by Gasteiger charge is -2.11. The third-order valence-electron chi connectivity index (χ3n) is 2.67. The maximum absolute atomic E-state index is 13.1. The van der Waals surface area contributed by atoms with Gasteiger partial charge >= 0.3 is 0 Å². The highest BCUT2D eigenvalue weighted by Crippen LogP contribution is 2.29. The lowest BCUT2D eigenvalue weighted by molar-refractivity contribution is 0.468. The zero-order valence-corrected chi connectivity index (χ0v) is 11.7. The van der Waals surface area contributed by atoms with Crippen LogP contribution in [-0.4, -0.2) is 5.11 Å². The first-order valence-corrected chi connectivity index (χ1v) is 6.39. The van der Waals surface area contributed by atoms with E-state index in [0.717, 1.165) is 11.6 Å². The largest absolute Gasteiger partial charge is 0.508 e. The smallest absolute Gasteiger partial charge is 0.127 e. The number of rotatable bonds is 3. The zero-order chi connectivity index (χ0) is 14.0. The lowest BCUT2D eigenvalue weighted by Crippen LogP contribution is -2.00. The highest BCUT2D eigenvalue weighted by molar-refractivity contribution is 6.35. The van der Waals surface area contributed by atoms with Gasteiger partial charge in [0.1, 0.15) is 11.6 Å².